The fraction of sp³-hybridized carbons (Fsp3) is 0.125. The lowest BCUT2D eigenvalue weighted by Gasteiger charge is -2.06. The van der Waals surface area contributed by atoms with E-state index >= 15 is 0 Å². The van der Waals surface area contributed by atoms with Crippen LogP contribution in [0.5, 0.6) is 0 Å². The Hall–Kier alpha value is -3.02. The molecule has 0 aliphatic heterocycles. The molecule has 0 unspecified atom stereocenters. The summed E-state index contributed by atoms with van der Waals surface area (Å²) in [5.74, 6) is 0.0293. The third kappa shape index (κ3) is 2.71. The predicted octanol–water partition coefficient (Wildman–Crippen LogP) is 2.51. The fourth-order valence-corrected chi connectivity index (χ4v) is 2.05. The van der Waals surface area contributed by atoms with E-state index in [1.807, 2.05) is 36.4 Å². The third-order valence-corrected chi connectivity index (χ3v) is 3.06. The second kappa shape index (κ2) is 6.17. The fourth-order valence-electron chi connectivity index (χ4n) is 2.05. The van der Waals surface area contributed by atoms with Crippen molar-refractivity contribution < 1.29 is 9.53 Å². The first-order valence-electron chi connectivity index (χ1n) is 6.90. The average Bonchev–Trinajstić information content (AvgIpc) is 3.06. The summed E-state index contributed by atoms with van der Waals surface area (Å²) in [5.41, 5.74) is 2.06. The van der Waals surface area contributed by atoms with Crippen LogP contribution in [0.4, 0.5) is 0 Å². The molecule has 6 nitrogen and oxygen atoms in total. The number of hydrogen-bond acceptors (Lipinski definition) is 5. The van der Waals surface area contributed by atoms with E-state index in [4.69, 9.17) is 4.74 Å². The van der Waals surface area contributed by atoms with E-state index in [0.717, 1.165) is 11.3 Å². The van der Waals surface area contributed by atoms with Gasteiger partial charge in [-0.15, -0.1) is 10.2 Å². The van der Waals surface area contributed by atoms with Crippen LogP contribution in [-0.4, -0.2) is 32.6 Å². The third-order valence-electron chi connectivity index (χ3n) is 3.06. The maximum absolute atomic E-state index is 11.9. The van der Waals surface area contributed by atoms with Crippen molar-refractivity contribution in [2.45, 2.75) is 6.92 Å². The molecular weight excluding hydrogens is 280 g/mol. The maximum atomic E-state index is 11.9. The SMILES string of the molecule is CCOC(=O)c1ccnn1-c1ccc(-c2ccccc2)nn1. The summed E-state index contributed by atoms with van der Waals surface area (Å²) >= 11 is 0. The molecule has 3 aromatic rings. The first-order chi connectivity index (χ1) is 10.8. The highest BCUT2D eigenvalue weighted by atomic mass is 16.5. The molecule has 3 rings (SSSR count). The highest BCUT2D eigenvalue weighted by molar-refractivity contribution is 5.88. The highest BCUT2D eigenvalue weighted by Gasteiger charge is 2.15. The van der Waals surface area contributed by atoms with Gasteiger partial charge >= 0.3 is 5.97 Å². The molecule has 22 heavy (non-hydrogen) atoms. The molecule has 0 fully saturated rings. The van der Waals surface area contributed by atoms with Gasteiger partial charge in [0, 0.05) is 5.56 Å². The van der Waals surface area contributed by atoms with E-state index in [-0.39, 0.29) is 0 Å². The van der Waals surface area contributed by atoms with Gasteiger partial charge in [-0.25, -0.2) is 9.48 Å². The topological polar surface area (TPSA) is 69.9 Å². The molecule has 0 saturated heterocycles. The highest BCUT2D eigenvalue weighted by Crippen LogP contribution is 2.16. The molecule has 0 spiro atoms. The number of carbonyl (C=O) groups excluding carboxylic acids is 1. The van der Waals surface area contributed by atoms with Crippen LogP contribution in [0.15, 0.2) is 54.7 Å². The summed E-state index contributed by atoms with van der Waals surface area (Å²) in [6.45, 7) is 2.07. The Bertz CT molecular complexity index is 766. The van der Waals surface area contributed by atoms with E-state index in [1.165, 1.54) is 10.9 Å². The molecule has 2 heterocycles. The van der Waals surface area contributed by atoms with Gasteiger partial charge in [-0.05, 0) is 25.1 Å². The summed E-state index contributed by atoms with van der Waals surface area (Å²) in [5, 5.41) is 12.4. The monoisotopic (exact) mass is 294 g/mol. The predicted molar refractivity (Wildman–Crippen MR) is 80.5 cm³/mol. The number of ether oxygens (including phenoxy) is 1. The number of rotatable bonds is 4. The summed E-state index contributed by atoms with van der Waals surface area (Å²) in [7, 11) is 0. The van der Waals surface area contributed by atoms with Crippen LogP contribution < -0.4 is 0 Å². The number of aromatic nitrogens is 4. The minimum Gasteiger partial charge on any atom is -0.461 e. The number of esters is 1. The largest absolute Gasteiger partial charge is 0.461 e. The standard InChI is InChI=1S/C16H14N4O2/c1-2-22-16(21)14-10-11-17-20(14)15-9-8-13(18-19-15)12-6-4-3-5-7-12/h3-11H,2H2,1H3. The number of nitrogens with zero attached hydrogens (tertiary/aromatic N) is 4. The van der Waals surface area contributed by atoms with Crippen LogP contribution in [-0.2, 0) is 4.74 Å². The molecule has 0 aliphatic rings. The zero-order chi connectivity index (χ0) is 15.4. The van der Waals surface area contributed by atoms with Gasteiger partial charge in [0.2, 0.25) is 0 Å². The summed E-state index contributed by atoms with van der Waals surface area (Å²) < 4.78 is 6.41. The van der Waals surface area contributed by atoms with Crippen molar-refractivity contribution in [3.8, 4) is 17.1 Å². The summed E-state index contributed by atoms with van der Waals surface area (Å²) in [6, 6.07) is 14.9. The van der Waals surface area contributed by atoms with Gasteiger partial charge in [0.15, 0.2) is 11.5 Å². The van der Waals surface area contributed by atoms with E-state index < -0.39 is 5.97 Å². The van der Waals surface area contributed by atoms with E-state index in [9.17, 15) is 4.79 Å². The molecule has 0 radical (unpaired) electrons. The van der Waals surface area contributed by atoms with Gasteiger partial charge in [-0.2, -0.15) is 5.10 Å². The second-order valence-electron chi connectivity index (χ2n) is 4.49. The molecule has 0 bridgehead atoms. The molecule has 0 N–H and O–H groups in total. The maximum Gasteiger partial charge on any atom is 0.357 e. The van der Waals surface area contributed by atoms with E-state index in [0.29, 0.717) is 18.1 Å². The van der Waals surface area contributed by atoms with Gasteiger partial charge in [-0.1, -0.05) is 30.3 Å². The normalized spacial score (nSPS) is 10.4. The van der Waals surface area contributed by atoms with Crippen LogP contribution >= 0.6 is 0 Å². The lowest BCUT2D eigenvalue weighted by molar-refractivity contribution is 0.0515. The first kappa shape index (κ1) is 13.9. The molecule has 0 atom stereocenters. The van der Waals surface area contributed by atoms with Crippen molar-refractivity contribution in [1.29, 1.82) is 0 Å². The lowest BCUT2D eigenvalue weighted by atomic mass is 10.1. The van der Waals surface area contributed by atoms with Gasteiger partial charge in [-0.3, -0.25) is 0 Å². The summed E-state index contributed by atoms with van der Waals surface area (Å²) in [6.07, 6.45) is 1.53. The van der Waals surface area contributed by atoms with Crippen molar-refractivity contribution in [2.75, 3.05) is 6.61 Å². The van der Waals surface area contributed by atoms with Crippen LogP contribution in [0.1, 0.15) is 17.4 Å². The molecule has 2 aromatic heterocycles. The average molecular weight is 294 g/mol. The van der Waals surface area contributed by atoms with E-state index in [2.05, 4.69) is 15.3 Å². The zero-order valence-corrected chi connectivity index (χ0v) is 12.0. The molecular formula is C16H14N4O2. The second-order valence-corrected chi connectivity index (χ2v) is 4.49. The first-order valence-corrected chi connectivity index (χ1v) is 6.90. The lowest BCUT2D eigenvalue weighted by Crippen LogP contribution is -2.13. The quantitative estimate of drug-likeness (QED) is 0.691. The van der Waals surface area contributed by atoms with Crippen molar-refractivity contribution in [3.05, 3.63) is 60.4 Å². The molecule has 0 saturated carbocycles. The Kier molecular flexibility index (Phi) is 3.91. The van der Waals surface area contributed by atoms with Gasteiger partial charge in [0.05, 0.1) is 18.5 Å². The minimum absolute atomic E-state index is 0.308. The Morgan fingerprint density at radius 1 is 1.09 bits per heavy atom. The van der Waals surface area contributed by atoms with Gasteiger partial charge < -0.3 is 4.74 Å². The van der Waals surface area contributed by atoms with Crippen molar-refractivity contribution in [3.63, 3.8) is 0 Å². The molecule has 110 valence electrons. The Balaban J connectivity index is 1.91. The van der Waals surface area contributed by atoms with Crippen LogP contribution in [0.25, 0.3) is 17.1 Å². The number of hydrogen-bond donors (Lipinski definition) is 0. The zero-order valence-electron chi connectivity index (χ0n) is 12.0. The molecule has 6 heteroatoms. The molecule has 1 aromatic carbocycles. The Morgan fingerprint density at radius 2 is 1.91 bits per heavy atom. The van der Waals surface area contributed by atoms with Crippen LogP contribution in [0.3, 0.4) is 0 Å². The Labute approximate surface area is 127 Å². The minimum atomic E-state index is -0.436. The summed E-state index contributed by atoms with van der Waals surface area (Å²) in [4.78, 5) is 11.9. The van der Waals surface area contributed by atoms with Gasteiger partial charge in [0.1, 0.15) is 0 Å². The van der Waals surface area contributed by atoms with Crippen molar-refractivity contribution in [1.82, 2.24) is 20.0 Å². The molecule has 0 aliphatic carbocycles. The molecule has 0 amide bonds. The number of benzene rings is 1. The van der Waals surface area contributed by atoms with Crippen molar-refractivity contribution in [2.24, 2.45) is 0 Å². The van der Waals surface area contributed by atoms with Crippen LogP contribution in [0, 0.1) is 0 Å². The van der Waals surface area contributed by atoms with E-state index in [1.54, 1.807) is 19.1 Å². The number of carbonyl (C=O) groups is 1. The smallest absolute Gasteiger partial charge is 0.357 e. The van der Waals surface area contributed by atoms with Gasteiger partial charge in [0.25, 0.3) is 0 Å². The Morgan fingerprint density at radius 3 is 2.59 bits per heavy atom. The van der Waals surface area contributed by atoms with Crippen molar-refractivity contribution >= 4 is 5.97 Å². The van der Waals surface area contributed by atoms with Crippen LogP contribution in [0.2, 0.25) is 0 Å².